The highest BCUT2D eigenvalue weighted by Gasteiger charge is 2.16. The number of carbonyl (C=O) groups is 1. The summed E-state index contributed by atoms with van der Waals surface area (Å²) in [5, 5.41) is 4.68. The zero-order chi connectivity index (χ0) is 20.4. The van der Waals surface area contributed by atoms with E-state index in [0.717, 1.165) is 14.3 Å². The van der Waals surface area contributed by atoms with E-state index in [0.29, 0.717) is 43.1 Å². The van der Waals surface area contributed by atoms with Crippen LogP contribution in [0.4, 0.5) is 10.1 Å². The van der Waals surface area contributed by atoms with Gasteiger partial charge in [0.05, 0.1) is 29.6 Å². The van der Waals surface area contributed by atoms with Gasteiger partial charge in [0.15, 0.2) is 5.76 Å². The number of ether oxygens (including phenoxy) is 1. The molecule has 0 atom stereocenters. The molecule has 0 spiro atoms. The molecule has 1 fully saturated rings. The topological polar surface area (TPSA) is 67.1 Å². The van der Waals surface area contributed by atoms with Gasteiger partial charge in [-0.05, 0) is 51.8 Å². The molecule has 2 heterocycles. The lowest BCUT2D eigenvalue weighted by Crippen LogP contribution is -2.36. The molecular formula is C20H16Br2FN3O3. The van der Waals surface area contributed by atoms with Gasteiger partial charge >= 0.3 is 5.91 Å². The van der Waals surface area contributed by atoms with Crippen LogP contribution in [0.1, 0.15) is 16.1 Å². The van der Waals surface area contributed by atoms with Crippen molar-refractivity contribution in [2.75, 3.05) is 31.2 Å². The monoisotopic (exact) mass is 523 g/mol. The fourth-order valence-corrected chi connectivity index (χ4v) is 4.41. The first kappa shape index (κ1) is 20.1. The fraction of sp³-hybridized carbons (Fsp3) is 0.200. The summed E-state index contributed by atoms with van der Waals surface area (Å²) in [6, 6.07) is 10.2. The molecule has 0 saturated carbocycles. The summed E-state index contributed by atoms with van der Waals surface area (Å²) in [6.07, 6.45) is 1.39. The Balaban J connectivity index is 1.44. The molecule has 1 aliphatic rings. The van der Waals surface area contributed by atoms with E-state index in [-0.39, 0.29) is 11.6 Å². The zero-order valence-electron chi connectivity index (χ0n) is 15.1. The lowest BCUT2D eigenvalue weighted by Gasteiger charge is -2.29. The number of morpholine rings is 1. The van der Waals surface area contributed by atoms with Crippen LogP contribution in [-0.2, 0) is 4.74 Å². The molecule has 1 N–H and O–H groups in total. The second-order valence-corrected chi connectivity index (χ2v) is 8.20. The molecule has 0 radical (unpaired) electrons. The van der Waals surface area contributed by atoms with Gasteiger partial charge in [-0.3, -0.25) is 4.79 Å². The molecule has 9 heteroatoms. The molecule has 0 bridgehead atoms. The maximum Gasteiger partial charge on any atom is 0.307 e. The van der Waals surface area contributed by atoms with Crippen LogP contribution < -0.4 is 10.3 Å². The predicted octanol–water partition coefficient (Wildman–Crippen LogP) is 4.70. The van der Waals surface area contributed by atoms with Gasteiger partial charge in [-0.25, -0.2) is 9.82 Å². The Morgan fingerprint density at radius 1 is 1.17 bits per heavy atom. The molecule has 4 rings (SSSR count). The number of anilines is 1. The first-order valence-electron chi connectivity index (χ1n) is 8.85. The Kier molecular flexibility index (Phi) is 5.98. The Hall–Kier alpha value is -2.23. The van der Waals surface area contributed by atoms with Gasteiger partial charge in [0, 0.05) is 22.9 Å². The average Bonchev–Trinajstić information content (AvgIpc) is 3.13. The van der Waals surface area contributed by atoms with E-state index in [1.807, 2.05) is 17.0 Å². The Labute approximate surface area is 182 Å². The molecule has 2 aromatic carbocycles. The van der Waals surface area contributed by atoms with Crippen LogP contribution in [0.25, 0.3) is 11.0 Å². The summed E-state index contributed by atoms with van der Waals surface area (Å²) in [4.78, 5) is 14.2. The molecule has 150 valence electrons. The molecule has 1 aliphatic heterocycles. The smallest absolute Gasteiger partial charge is 0.307 e. The van der Waals surface area contributed by atoms with E-state index in [2.05, 4.69) is 42.4 Å². The van der Waals surface area contributed by atoms with E-state index in [1.165, 1.54) is 12.3 Å². The Morgan fingerprint density at radius 3 is 2.72 bits per heavy atom. The molecule has 0 unspecified atom stereocenters. The Bertz CT molecular complexity index is 1090. The third-order valence-electron chi connectivity index (χ3n) is 4.46. The maximum absolute atomic E-state index is 14.4. The number of nitrogens with one attached hydrogen (secondary N) is 1. The zero-order valence-corrected chi connectivity index (χ0v) is 18.3. The minimum absolute atomic E-state index is 0.129. The van der Waals surface area contributed by atoms with Crippen LogP contribution in [-0.4, -0.2) is 38.4 Å². The summed E-state index contributed by atoms with van der Waals surface area (Å²) in [7, 11) is 0. The van der Waals surface area contributed by atoms with E-state index in [4.69, 9.17) is 9.15 Å². The van der Waals surface area contributed by atoms with Crippen molar-refractivity contribution in [1.29, 1.82) is 0 Å². The summed E-state index contributed by atoms with van der Waals surface area (Å²) >= 11 is 6.80. The van der Waals surface area contributed by atoms with Crippen LogP contribution in [0, 0.1) is 5.82 Å². The van der Waals surface area contributed by atoms with Gasteiger partial charge in [0.1, 0.15) is 11.4 Å². The molecule has 1 saturated heterocycles. The van der Waals surface area contributed by atoms with E-state index in [9.17, 15) is 9.18 Å². The number of benzene rings is 2. The fourth-order valence-electron chi connectivity index (χ4n) is 3.07. The van der Waals surface area contributed by atoms with E-state index in [1.54, 1.807) is 18.2 Å². The number of fused-ring (bicyclic) bond motifs is 1. The second kappa shape index (κ2) is 8.64. The van der Waals surface area contributed by atoms with Gasteiger partial charge in [0.2, 0.25) is 0 Å². The minimum Gasteiger partial charge on any atom is -0.450 e. The van der Waals surface area contributed by atoms with Crippen molar-refractivity contribution in [2.24, 2.45) is 5.10 Å². The summed E-state index contributed by atoms with van der Waals surface area (Å²) < 4.78 is 26.9. The van der Waals surface area contributed by atoms with Crippen molar-refractivity contribution < 1.29 is 18.3 Å². The number of hydrazone groups is 1. The number of carbonyl (C=O) groups excluding carboxylic acids is 1. The molecule has 29 heavy (non-hydrogen) atoms. The summed E-state index contributed by atoms with van der Waals surface area (Å²) in [5.41, 5.74) is 4.05. The van der Waals surface area contributed by atoms with Crippen molar-refractivity contribution in [3.8, 4) is 0 Å². The standard InChI is InChI=1S/C20H16Br2FN3O3/c21-14-8-13-9-18(29-19(13)15(22)10-14)20(27)25-24-11-12-1-2-17(16(23)7-12)26-3-5-28-6-4-26/h1-2,7-11H,3-6H2,(H,25,27)/b24-11-. The number of furan rings is 1. The number of amides is 1. The van der Waals surface area contributed by atoms with Crippen LogP contribution in [0.2, 0.25) is 0 Å². The van der Waals surface area contributed by atoms with Crippen molar-refractivity contribution in [1.82, 2.24) is 5.43 Å². The van der Waals surface area contributed by atoms with Crippen LogP contribution >= 0.6 is 31.9 Å². The van der Waals surface area contributed by atoms with Crippen molar-refractivity contribution in [2.45, 2.75) is 0 Å². The summed E-state index contributed by atoms with van der Waals surface area (Å²) in [5.74, 6) is -0.703. The molecule has 6 nitrogen and oxygen atoms in total. The third-order valence-corrected chi connectivity index (χ3v) is 5.51. The Morgan fingerprint density at radius 2 is 1.97 bits per heavy atom. The van der Waals surface area contributed by atoms with E-state index < -0.39 is 5.91 Å². The highest BCUT2D eigenvalue weighted by atomic mass is 79.9. The lowest BCUT2D eigenvalue weighted by molar-refractivity contribution is 0.0929. The number of hydrogen-bond donors (Lipinski definition) is 1. The first-order valence-corrected chi connectivity index (χ1v) is 10.4. The highest BCUT2D eigenvalue weighted by molar-refractivity contribution is 9.11. The number of halogens is 3. The van der Waals surface area contributed by atoms with E-state index >= 15 is 0 Å². The summed E-state index contributed by atoms with van der Waals surface area (Å²) in [6.45, 7) is 2.49. The van der Waals surface area contributed by atoms with Crippen LogP contribution in [0.3, 0.4) is 0 Å². The number of hydrogen-bond acceptors (Lipinski definition) is 5. The number of rotatable bonds is 4. The molecule has 3 aromatic rings. The minimum atomic E-state index is -0.495. The normalized spacial score (nSPS) is 14.7. The molecule has 1 aromatic heterocycles. The molecular weight excluding hydrogens is 509 g/mol. The number of nitrogens with zero attached hydrogens (tertiary/aromatic N) is 2. The highest BCUT2D eigenvalue weighted by Crippen LogP contribution is 2.31. The average molecular weight is 525 g/mol. The van der Waals surface area contributed by atoms with Gasteiger partial charge < -0.3 is 14.1 Å². The first-order chi connectivity index (χ1) is 14.0. The van der Waals surface area contributed by atoms with Gasteiger partial charge in [-0.2, -0.15) is 5.10 Å². The van der Waals surface area contributed by atoms with Crippen LogP contribution in [0.5, 0.6) is 0 Å². The van der Waals surface area contributed by atoms with Crippen LogP contribution in [0.15, 0.2) is 54.9 Å². The van der Waals surface area contributed by atoms with Gasteiger partial charge in [0.25, 0.3) is 0 Å². The molecule has 0 aliphatic carbocycles. The van der Waals surface area contributed by atoms with Gasteiger partial charge in [-0.1, -0.05) is 22.0 Å². The molecule has 1 amide bonds. The van der Waals surface area contributed by atoms with Crippen molar-refractivity contribution >= 4 is 60.6 Å². The maximum atomic E-state index is 14.4. The third kappa shape index (κ3) is 4.52. The lowest BCUT2D eigenvalue weighted by atomic mass is 10.2. The van der Waals surface area contributed by atoms with Gasteiger partial charge in [-0.15, -0.1) is 0 Å². The van der Waals surface area contributed by atoms with Crippen molar-refractivity contribution in [3.05, 3.63) is 62.5 Å². The SMILES string of the molecule is O=C(N/N=C\c1ccc(N2CCOCC2)c(F)c1)c1cc2cc(Br)cc(Br)c2o1. The second-order valence-electron chi connectivity index (χ2n) is 6.43. The predicted molar refractivity (Wildman–Crippen MR) is 116 cm³/mol. The largest absolute Gasteiger partial charge is 0.450 e. The quantitative estimate of drug-likeness (QED) is 0.397. The van der Waals surface area contributed by atoms with Crippen molar-refractivity contribution in [3.63, 3.8) is 0 Å².